The van der Waals surface area contributed by atoms with Crippen LogP contribution in [0.5, 0.6) is 0 Å². The standard InChI is InChI=1S/C13H11N5O/c19-13-11-6-10(17-18(11)5-4-15-13)9-7-16-12-8(9)2-1-3-14-12/h1-3,6-7H,4-5H2,(H,14,16)(H,15,19). The number of hydrogen-bond acceptors (Lipinski definition) is 3. The van der Waals surface area contributed by atoms with Crippen molar-refractivity contribution in [3.8, 4) is 11.3 Å². The average Bonchev–Trinajstić information content (AvgIpc) is 3.02. The fourth-order valence-electron chi connectivity index (χ4n) is 2.44. The summed E-state index contributed by atoms with van der Waals surface area (Å²) in [6.45, 7) is 1.34. The number of pyridine rings is 1. The highest BCUT2D eigenvalue weighted by Gasteiger charge is 2.20. The molecule has 19 heavy (non-hydrogen) atoms. The topological polar surface area (TPSA) is 75.6 Å². The second-order valence-electron chi connectivity index (χ2n) is 4.50. The maximum atomic E-state index is 11.7. The van der Waals surface area contributed by atoms with Crippen LogP contribution in [-0.4, -0.2) is 32.2 Å². The number of fused-ring (bicyclic) bond motifs is 2. The largest absolute Gasteiger partial charge is 0.349 e. The third-order valence-corrected chi connectivity index (χ3v) is 3.35. The summed E-state index contributed by atoms with van der Waals surface area (Å²) >= 11 is 0. The number of rotatable bonds is 1. The molecular weight excluding hydrogens is 242 g/mol. The number of amides is 1. The van der Waals surface area contributed by atoms with E-state index in [-0.39, 0.29) is 5.91 Å². The van der Waals surface area contributed by atoms with Crippen LogP contribution in [0, 0.1) is 0 Å². The molecule has 3 aromatic heterocycles. The molecule has 0 atom stereocenters. The van der Waals surface area contributed by atoms with Gasteiger partial charge in [-0.05, 0) is 18.2 Å². The number of carbonyl (C=O) groups is 1. The molecule has 94 valence electrons. The first kappa shape index (κ1) is 10.3. The van der Waals surface area contributed by atoms with Crippen LogP contribution in [0.15, 0.2) is 30.6 Å². The number of hydrogen-bond donors (Lipinski definition) is 2. The molecule has 0 bridgehead atoms. The zero-order valence-corrected chi connectivity index (χ0v) is 10.1. The van der Waals surface area contributed by atoms with Crippen molar-refractivity contribution in [2.45, 2.75) is 6.54 Å². The Bertz CT molecular complexity index is 785. The summed E-state index contributed by atoms with van der Waals surface area (Å²) in [5, 5.41) is 8.33. The van der Waals surface area contributed by atoms with E-state index >= 15 is 0 Å². The van der Waals surface area contributed by atoms with Gasteiger partial charge in [0.25, 0.3) is 5.91 Å². The maximum Gasteiger partial charge on any atom is 0.269 e. The first-order valence-corrected chi connectivity index (χ1v) is 6.11. The van der Waals surface area contributed by atoms with E-state index in [0.717, 1.165) is 22.3 Å². The van der Waals surface area contributed by atoms with Crippen molar-refractivity contribution in [2.24, 2.45) is 0 Å². The van der Waals surface area contributed by atoms with Crippen LogP contribution in [0.4, 0.5) is 0 Å². The van der Waals surface area contributed by atoms with Gasteiger partial charge in [-0.25, -0.2) is 4.98 Å². The SMILES string of the molecule is O=C1NCCn2nc(-c3c[nH]c4ncccc34)cc21. The van der Waals surface area contributed by atoms with Crippen molar-refractivity contribution in [2.75, 3.05) is 6.54 Å². The fraction of sp³-hybridized carbons (Fsp3) is 0.154. The summed E-state index contributed by atoms with van der Waals surface area (Å²) in [5.74, 6) is -0.0667. The highest BCUT2D eigenvalue weighted by atomic mass is 16.2. The lowest BCUT2D eigenvalue weighted by Crippen LogP contribution is -2.35. The van der Waals surface area contributed by atoms with Gasteiger partial charge in [-0.1, -0.05) is 0 Å². The molecule has 0 unspecified atom stereocenters. The normalized spacial score (nSPS) is 14.4. The smallest absolute Gasteiger partial charge is 0.269 e. The lowest BCUT2D eigenvalue weighted by molar-refractivity contribution is 0.0924. The summed E-state index contributed by atoms with van der Waals surface area (Å²) < 4.78 is 1.75. The number of nitrogens with one attached hydrogen (secondary N) is 2. The van der Waals surface area contributed by atoms with Crippen molar-refractivity contribution in [3.63, 3.8) is 0 Å². The van der Waals surface area contributed by atoms with Gasteiger partial charge in [-0.2, -0.15) is 5.10 Å². The summed E-state index contributed by atoms with van der Waals surface area (Å²) in [5.41, 5.74) is 3.21. The van der Waals surface area contributed by atoms with Gasteiger partial charge in [0, 0.05) is 29.9 Å². The third kappa shape index (κ3) is 1.46. The molecule has 0 spiro atoms. The van der Waals surface area contributed by atoms with Crippen molar-refractivity contribution in [3.05, 3.63) is 36.3 Å². The number of aromatic nitrogens is 4. The van der Waals surface area contributed by atoms with E-state index in [0.29, 0.717) is 18.8 Å². The molecule has 1 amide bonds. The summed E-state index contributed by atoms with van der Waals surface area (Å²) in [6, 6.07) is 5.71. The van der Waals surface area contributed by atoms with Crippen LogP contribution in [0.3, 0.4) is 0 Å². The maximum absolute atomic E-state index is 11.7. The summed E-state index contributed by atoms with van der Waals surface area (Å²) in [6.07, 6.45) is 3.62. The first-order valence-electron chi connectivity index (χ1n) is 6.11. The van der Waals surface area contributed by atoms with Gasteiger partial charge in [-0.3, -0.25) is 9.48 Å². The Morgan fingerprint density at radius 3 is 3.21 bits per heavy atom. The van der Waals surface area contributed by atoms with Crippen LogP contribution in [0.2, 0.25) is 0 Å². The third-order valence-electron chi connectivity index (χ3n) is 3.35. The van der Waals surface area contributed by atoms with Gasteiger partial charge in [0.15, 0.2) is 0 Å². The highest BCUT2D eigenvalue weighted by molar-refractivity contribution is 5.97. The van der Waals surface area contributed by atoms with Gasteiger partial charge in [0.05, 0.1) is 12.2 Å². The monoisotopic (exact) mass is 253 g/mol. The average molecular weight is 253 g/mol. The van der Waals surface area contributed by atoms with Gasteiger partial charge in [0.1, 0.15) is 11.3 Å². The minimum Gasteiger partial charge on any atom is -0.349 e. The van der Waals surface area contributed by atoms with Gasteiger partial charge >= 0.3 is 0 Å². The van der Waals surface area contributed by atoms with E-state index in [4.69, 9.17) is 0 Å². The van der Waals surface area contributed by atoms with E-state index in [9.17, 15) is 4.79 Å². The lowest BCUT2D eigenvalue weighted by Gasteiger charge is -2.13. The van der Waals surface area contributed by atoms with E-state index in [2.05, 4.69) is 20.4 Å². The minimum atomic E-state index is -0.0667. The number of nitrogens with zero attached hydrogens (tertiary/aromatic N) is 3. The molecule has 0 saturated heterocycles. The van der Waals surface area contributed by atoms with Crippen molar-refractivity contribution >= 4 is 16.9 Å². The van der Waals surface area contributed by atoms with Crippen LogP contribution >= 0.6 is 0 Å². The Kier molecular flexibility index (Phi) is 2.00. The second kappa shape index (κ2) is 3.68. The van der Waals surface area contributed by atoms with Gasteiger partial charge in [-0.15, -0.1) is 0 Å². The van der Waals surface area contributed by atoms with Gasteiger partial charge in [0.2, 0.25) is 0 Å². The Balaban J connectivity index is 1.91. The predicted molar refractivity (Wildman–Crippen MR) is 69.6 cm³/mol. The van der Waals surface area contributed by atoms with E-state index < -0.39 is 0 Å². The zero-order valence-electron chi connectivity index (χ0n) is 10.1. The van der Waals surface area contributed by atoms with Gasteiger partial charge < -0.3 is 10.3 Å². The molecule has 0 aliphatic carbocycles. The van der Waals surface area contributed by atoms with Crippen molar-refractivity contribution in [1.29, 1.82) is 0 Å². The molecule has 1 aliphatic heterocycles. The van der Waals surface area contributed by atoms with E-state index in [1.54, 1.807) is 10.9 Å². The number of aromatic amines is 1. The van der Waals surface area contributed by atoms with Crippen molar-refractivity contribution in [1.82, 2.24) is 25.1 Å². The summed E-state index contributed by atoms with van der Waals surface area (Å²) in [7, 11) is 0. The summed E-state index contributed by atoms with van der Waals surface area (Å²) in [4.78, 5) is 19.1. The molecule has 1 aliphatic rings. The number of H-pyrrole nitrogens is 1. The quantitative estimate of drug-likeness (QED) is 0.683. The van der Waals surface area contributed by atoms with E-state index in [1.165, 1.54) is 0 Å². The number of carbonyl (C=O) groups excluding carboxylic acids is 1. The molecule has 2 N–H and O–H groups in total. The Labute approximate surface area is 108 Å². The molecule has 0 fully saturated rings. The molecule has 3 aromatic rings. The molecule has 0 aromatic carbocycles. The fourth-order valence-corrected chi connectivity index (χ4v) is 2.44. The van der Waals surface area contributed by atoms with Crippen LogP contribution in [0.1, 0.15) is 10.5 Å². The van der Waals surface area contributed by atoms with Crippen LogP contribution < -0.4 is 5.32 Å². The van der Waals surface area contributed by atoms with Crippen LogP contribution in [-0.2, 0) is 6.54 Å². The molecule has 4 heterocycles. The lowest BCUT2D eigenvalue weighted by atomic mass is 10.1. The minimum absolute atomic E-state index is 0.0667. The molecule has 4 rings (SSSR count). The van der Waals surface area contributed by atoms with Crippen LogP contribution in [0.25, 0.3) is 22.3 Å². The molecule has 6 nitrogen and oxygen atoms in total. The molecular formula is C13H11N5O. The Hall–Kier alpha value is -2.63. The molecule has 0 radical (unpaired) electrons. The Morgan fingerprint density at radius 1 is 1.37 bits per heavy atom. The van der Waals surface area contributed by atoms with E-state index in [1.807, 2.05) is 24.4 Å². The first-order chi connectivity index (χ1) is 9.33. The molecule has 0 saturated carbocycles. The highest BCUT2D eigenvalue weighted by Crippen LogP contribution is 2.27. The zero-order chi connectivity index (χ0) is 12.8. The second-order valence-corrected chi connectivity index (χ2v) is 4.50. The predicted octanol–water partition coefficient (Wildman–Crippen LogP) is 1.17. The Morgan fingerprint density at radius 2 is 2.32 bits per heavy atom. The van der Waals surface area contributed by atoms with Crippen molar-refractivity contribution < 1.29 is 4.79 Å². The molecule has 6 heteroatoms.